The van der Waals surface area contributed by atoms with Gasteiger partial charge < -0.3 is 19.2 Å². The van der Waals surface area contributed by atoms with Gasteiger partial charge >= 0.3 is 6.33 Å². The van der Waals surface area contributed by atoms with Crippen LogP contribution in [0.4, 0.5) is 11.5 Å². The van der Waals surface area contributed by atoms with Gasteiger partial charge in [0.25, 0.3) is 11.7 Å². The lowest BCUT2D eigenvalue weighted by Crippen LogP contribution is -2.49. The first kappa shape index (κ1) is 35.8. The van der Waals surface area contributed by atoms with Crippen LogP contribution in [0.1, 0.15) is 60.5 Å². The molecule has 0 radical (unpaired) electrons. The summed E-state index contributed by atoms with van der Waals surface area (Å²) in [7, 11) is 1.69. The van der Waals surface area contributed by atoms with E-state index in [2.05, 4.69) is 48.4 Å². The number of carbonyl (C=O) groups excluding carboxylic acids is 1. The topological polar surface area (TPSA) is 124 Å². The lowest BCUT2D eigenvalue weighted by molar-refractivity contribution is -0.867. The fourth-order valence-electron chi connectivity index (χ4n) is 8.78. The highest BCUT2D eigenvalue weighted by atomic mass is 35.5. The summed E-state index contributed by atoms with van der Waals surface area (Å²) in [6, 6.07) is 11.7. The van der Waals surface area contributed by atoms with E-state index in [1.807, 2.05) is 25.1 Å². The molecule has 4 heterocycles. The molecule has 14 heteroatoms. The van der Waals surface area contributed by atoms with E-state index in [1.165, 1.54) is 29.3 Å². The number of ether oxygens (including phenoxy) is 2. The predicted molar refractivity (Wildman–Crippen MR) is 205 cm³/mol. The number of fused-ring (bicyclic) bond motifs is 5. The second kappa shape index (κ2) is 14.2. The molecule has 4 aromatic rings. The predicted octanol–water partition coefficient (Wildman–Crippen LogP) is 5.71. The van der Waals surface area contributed by atoms with Crippen molar-refractivity contribution >= 4 is 50.0 Å². The third-order valence-electron chi connectivity index (χ3n) is 11.5. The second-order valence-electron chi connectivity index (χ2n) is 15.2. The van der Waals surface area contributed by atoms with Gasteiger partial charge in [0, 0.05) is 43.2 Å². The summed E-state index contributed by atoms with van der Waals surface area (Å²) in [6.07, 6.45) is 13.3. The number of methoxy groups -OCH3 is 1. The monoisotopic (exact) mass is 760 g/mol. The van der Waals surface area contributed by atoms with Crippen molar-refractivity contribution in [1.29, 1.82) is 0 Å². The minimum atomic E-state index is -3.41. The number of aromatic nitrogens is 4. The van der Waals surface area contributed by atoms with Gasteiger partial charge in [-0.1, -0.05) is 36.7 Å². The van der Waals surface area contributed by atoms with Crippen LogP contribution in [-0.2, 0) is 33.5 Å². The Balaban J connectivity index is 1.22. The van der Waals surface area contributed by atoms with Gasteiger partial charge in [-0.15, -0.1) is 4.36 Å². The van der Waals surface area contributed by atoms with E-state index in [4.69, 9.17) is 25.9 Å². The number of hydrogen-bond acceptors (Lipinski definition) is 8. The number of nitrogens with one attached hydrogen (secondary N) is 1. The smallest absolute Gasteiger partial charge is 0.328 e. The summed E-state index contributed by atoms with van der Waals surface area (Å²) in [4.78, 5) is 26.5. The molecule has 2 aromatic carbocycles. The van der Waals surface area contributed by atoms with Crippen LogP contribution < -0.4 is 23.9 Å². The van der Waals surface area contributed by atoms with Gasteiger partial charge in [0.1, 0.15) is 22.8 Å². The van der Waals surface area contributed by atoms with Gasteiger partial charge in [0.05, 0.1) is 30.3 Å². The average molecular weight is 761 g/mol. The molecule has 53 heavy (non-hydrogen) atoms. The molecule has 0 saturated heterocycles. The van der Waals surface area contributed by atoms with Crippen LogP contribution in [0.15, 0.2) is 65.4 Å². The van der Waals surface area contributed by atoms with Crippen molar-refractivity contribution in [3.05, 3.63) is 82.8 Å². The molecule has 6 atom stereocenters. The minimum absolute atomic E-state index is 0.0402. The van der Waals surface area contributed by atoms with Gasteiger partial charge in [-0.2, -0.15) is 5.10 Å². The van der Waals surface area contributed by atoms with Crippen molar-refractivity contribution in [2.75, 3.05) is 49.3 Å². The van der Waals surface area contributed by atoms with E-state index >= 15 is 0 Å². The molecule has 1 N–H and O–H groups in total. The van der Waals surface area contributed by atoms with E-state index in [0.717, 1.165) is 61.7 Å². The molecular weight excluding hydrogens is 714 g/mol. The van der Waals surface area contributed by atoms with Crippen molar-refractivity contribution < 1.29 is 28.0 Å². The maximum Gasteiger partial charge on any atom is 0.328 e. The Hall–Kier alpha value is -4.20. The minimum Gasteiger partial charge on any atom is -0.490 e. The SMILES string of the molecule is CO[C@H]1/C=C/C[C@H](C)CS(=O)(Nc2nc[n+](OC)c3cn(C)nc23)=NC(=O)c2ccc3c(c2)N(C[C@@H]2CC[C@H]21)C[C@@]1(CCCc2cc(Cl)ccc21)CO3. The third-order valence-corrected chi connectivity index (χ3v) is 13.8. The average Bonchev–Trinajstić information content (AvgIpc) is 3.45. The molecule has 1 saturated carbocycles. The summed E-state index contributed by atoms with van der Waals surface area (Å²) >= 11 is 6.48. The Morgan fingerprint density at radius 2 is 2.04 bits per heavy atom. The number of allylic oxidation sites excluding steroid dienone is 1. The number of rotatable bonds is 4. The zero-order chi connectivity index (χ0) is 36.9. The van der Waals surface area contributed by atoms with Crippen LogP contribution in [-0.4, -0.2) is 70.7 Å². The molecule has 1 amide bonds. The third kappa shape index (κ3) is 6.87. The van der Waals surface area contributed by atoms with E-state index < -0.39 is 15.8 Å². The van der Waals surface area contributed by atoms with Crippen molar-refractivity contribution in [3.8, 4) is 5.75 Å². The number of benzene rings is 2. The van der Waals surface area contributed by atoms with Crippen LogP contribution >= 0.6 is 11.6 Å². The van der Waals surface area contributed by atoms with Gasteiger partial charge in [-0.25, -0.2) is 4.21 Å². The summed E-state index contributed by atoms with van der Waals surface area (Å²) in [5.41, 5.74) is 4.58. The standard InChI is InChI=1S/C39H46ClN7O5S/c1-25-7-5-9-34(50-3)30-13-10-28(30)19-46-22-39(16-6-8-26-17-29(40)12-14-31(26)39)23-52-35-15-11-27(18-32(35)46)38(48)44-53(49,21-25)43-37-36-33(20-45(2)42-36)47(51-4)24-41-37/h5,9,11-12,14-15,17-18,20,24-25,28,30,34H,6-8,10,13,16,19,21-23H2,1-4H3/p+1/b9-5+/t25-,28-,30+,34-,39-,53?/m0/s1. The van der Waals surface area contributed by atoms with Crippen LogP contribution in [0, 0.1) is 17.8 Å². The first-order chi connectivity index (χ1) is 25.6. The number of aryl methyl sites for hydroxylation is 2. The molecule has 2 bridgehead atoms. The van der Waals surface area contributed by atoms with E-state index in [-0.39, 0.29) is 29.0 Å². The first-order valence-corrected chi connectivity index (χ1v) is 20.5. The maximum absolute atomic E-state index is 14.9. The molecule has 2 aliphatic heterocycles. The molecule has 12 nitrogen and oxygen atoms in total. The Bertz CT molecular complexity index is 2220. The number of nitrogens with zero attached hydrogens (tertiary/aromatic N) is 6. The fraction of sp³-hybridized carbons (Fsp3) is 0.487. The molecule has 8 rings (SSSR count). The van der Waals surface area contributed by atoms with E-state index in [1.54, 1.807) is 31.1 Å². The Kier molecular flexibility index (Phi) is 9.61. The fourth-order valence-corrected chi connectivity index (χ4v) is 10.9. The van der Waals surface area contributed by atoms with Gasteiger partial charge in [-0.05, 0) is 107 Å². The van der Waals surface area contributed by atoms with Crippen LogP contribution in [0.25, 0.3) is 11.0 Å². The molecule has 2 aliphatic carbocycles. The second-order valence-corrected chi connectivity index (χ2v) is 17.6. The van der Waals surface area contributed by atoms with Crippen LogP contribution in [0.3, 0.4) is 0 Å². The lowest BCUT2D eigenvalue weighted by Gasteiger charge is -2.46. The van der Waals surface area contributed by atoms with Crippen molar-refractivity contribution in [2.45, 2.75) is 57.0 Å². The molecule has 1 fully saturated rings. The highest BCUT2D eigenvalue weighted by molar-refractivity contribution is 7.95. The van der Waals surface area contributed by atoms with Crippen LogP contribution in [0.2, 0.25) is 5.02 Å². The van der Waals surface area contributed by atoms with Crippen molar-refractivity contribution in [2.24, 2.45) is 29.2 Å². The number of carbonyl (C=O) groups is 1. The normalized spacial score (nSPS) is 29.2. The van der Waals surface area contributed by atoms with E-state index in [9.17, 15) is 9.00 Å². The molecule has 1 spiro atoms. The molecular formula is C39H47ClN7O5S+. The Morgan fingerprint density at radius 1 is 1.17 bits per heavy atom. The quantitative estimate of drug-likeness (QED) is 0.207. The Labute approximate surface area is 315 Å². The zero-order valence-corrected chi connectivity index (χ0v) is 32.2. The van der Waals surface area contributed by atoms with Gasteiger partial charge in [-0.3, -0.25) is 14.2 Å². The van der Waals surface area contributed by atoms with Crippen molar-refractivity contribution in [3.63, 3.8) is 0 Å². The first-order valence-electron chi connectivity index (χ1n) is 18.4. The number of anilines is 2. The highest BCUT2D eigenvalue weighted by Gasteiger charge is 2.44. The molecule has 2 aromatic heterocycles. The number of halogens is 1. The van der Waals surface area contributed by atoms with Crippen molar-refractivity contribution in [1.82, 2.24) is 14.8 Å². The maximum atomic E-state index is 14.9. The lowest BCUT2D eigenvalue weighted by atomic mass is 9.68. The highest BCUT2D eigenvalue weighted by Crippen LogP contribution is 2.47. The van der Waals surface area contributed by atoms with Gasteiger partial charge in [0.15, 0.2) is 0 Å². The summed E-state index contributed by atoms with van der Waals surface area (Å²) in [5.74, 6) is 1.18. The Morgan fingerprint density at radius 3 is 2.83 bits per heavy atom. The molecule has 1 unspecified atom stereocenters. The summed E-state index contributed by atoms with van der Waals surface area (Å²) in [6.45, 7) is 4.06. The molecule has 280 valence electrons. The summed E-state index contributed by atoms with van der Waals surface area (Å²) < 4.78 is 38.4. The number of amides is 1. The summed E-state index contributed by atoms with van der Waals surface area (Å²) in [5, 5.41) is 5.29. The number of hydrogen-bond donors (Lipinski definition) is 1. The van der Waals surface area contributed by atoms with Crippen LogP contribution in [0.5, 0.6) is 5.75 Å². The zero-order valence-electron chi connectivity index (χ0n) is 30.7. The van der Waals surface area contributed by atoms with Gasteiger partial charge in [0.2, 0.25) is 11.0 Å². The van der Waals surface area contributed by atoms with E-state index in [0.29, 0.717) is 41.5 Å². The molecule has 4 aliphatic rings. The largest absolute Gasteiger partial charge is 0.490 e.